The first-order valence-electron chi connectivity index (χ1n) is 2.68. The molecule has 0 radical (unpaired) electrons. The van der Waals surface area contributed by atoms with Crippen LogP contribution in [0.15, 0.2) is 0 Å². The summed E-state index contributed by atoms with van der Waals surface area (Å²) in [5.41, 5.74) is 0. The molecule has 0 aromatic rings. The van der Waals surface area contributed by atoms with Gasteiger partial charge in [0.25, 0.3) is 0 Å². The molecule has 2 N–H and O–H groups in total. The monoisotopic (exact) mass is 198 g/mol. The van der Waals surface area contributed by atoms with E-state index in [1.165, 1.54) is 0 Å². The van der Waals surface area contributed by atoms with E-state index < -0.39 is 10.2 Å². The Morgan fingerprint density at radius 3 is 2.56 bits per heavy atom. The standard InChI is InChI=1S/C5H12NOS.Zn/c1-2-8(6)4-3-7-5-8;/h1-6H2;/q-1;. The quantitative estimate of drug-likeness (QED) is 0.493. The Labute approximate surface area is 70.7 Å². The van der Waals surface area contributed by atoms with Crippen LogP contribution in [0.4, 0.5) is 0 Å². The Balaban J connectivity index is 0.000000640. The van der Waals surface area contributed by atoms with Gasteiger partial charge in [0.2, 0.25) is 0 Å². The molecule has 1 heterocycles. The zero-order chi connectivity index (χ0) is 6.04. The molecule has 52 valence electrons. The molecule has 1 saturated heterocycles. The first kappa shape index (κ1) is 9.89. The van der Waals surface area contributed by atoms with Gasteiger partial charge in [-0.3, -0.25) is 5.14 Å². The minimum absolute atomic E-state index is 0. The minimum Gasteiger partial charge on any atom is -0.370 e. The molecule has 0 aromatic heterocycles. The molecule has 2 nitrogen and oxygen atoms in total. The predicted molar refractivity (Wildman–Crippen MR) is 37.7 cm³/mol. The molecule has 0 saturated carbocycles. The molecular formula is C5H12NOSZn-. The summed E-state index contributed by atoms with van der Waals surface area (Å²) in [6.45, 7) is 4.62. The van der Waals surface area contributed by atoms with Crippen molar-refractivity contribution in [2.45, 2.75) is 0 Å². The van der Waals surface area contributed by atoms with Gasteiger partial charge in [-0.05, 0) is 0 Å². The van der Waals surface area contributed by atoms with Gasteiger partial charge in [-0.2, -0.15) is 10.2 Å². The molecule has 1 fully saturated rings. The fraction of sp³-hybridized carbons (Fsp3) is 0.800. The van der Waals surface area contributed by atoms with Crippen LogP contribution in [0, 0.1) is 6.92 Å². The van der Waals surface area contributed by atoms with Crippen molar-refractivity contribution in [3.8, 4) is 0 Å². The van der Waals surface area contributed by atoms with Crippen LogP contribution in [-0.2, 0) is 24.2 Å². The molecule has 1 rings (SSSR count). The molecule has 9 heavy (non-hydrogen) atoms. The first-order valence-corrected chi connectivity index (χ1v) is 4.88. The van der Waals surface area contributed by atoms with E-state index in [2.05, 4.69) is 6.92 Å². The van der Waals surface area contributed by atoms with Crippen molar-refractivity contribution in [2.75, 3.05) is 24.1 Å². The first-order chi connectivity index (χ1) is 3.77. The number of hydrogen-bond acceptors (Lipinski definition) is 2. The molecule has 0 bridgehead atoms. The fourth-order valence-corrected chi connectivity index (χ4v) is 2.01. The zero-order valence-corrected chi connectivity index (χ0v) is 9.42. The van der Waals surface area contributed by atoms with Gasteiger partial charge >= 0.3 is 0 Å². The van der Waals surface area contributed by atoms with Gasteiger partial charge < -0.3 is 11.7 Å². The zero-order valence-electron chi connectivity index (χ0n) is 5.64. The van der Waals surface area contributed by atoms with Crippen molar-refractivity contribution >= 4 is 10.2 Å². The maximum atomic E-state index is 5.85. The molecule has 1 aliphatic rings. The molecule has 1 unspecified atom stereocenters. The van der Waals surface area contributed by atoms with Gasteiger partial charge in [0, 0.05) is 25.2 Å². The van der Waals surface area contributed by atoms with Crippen LogP contribution >= 0.6 is 10.2 Å². The Bertz CT molecular complexity index is 85.0. The van der Waals surface area contributed by atoms with Crippen LogP contribution in [0.3, 0.4) is 0 Å². The summed E-state index contributed by atoms with van der Waals surface area (Å²) in [6.07, 6.45) is 0. The van der Waals surface area contributed by atoms with E-state index in [0.717, 1.165) is 24.1 Å². The maximum absolute atomic E-state index is 5.85. The van der Waals surface area contributed by atoms with Gasteiger partial charge in [-0.1, -0.05) is 0 Å². The van der Waals surface area contributed by atoms with Crippen LogP contribution in [0.2, 0.25) is 0 Å². The Kier molecular flexibility index (Phi) is 4.31. The van der Waals surface area contributed by atoms with E-state index in [4.69, 9.17) is 9.88 Å². The van der Waals surface area contributed by atoms with Crippen molar-refractivity contribution in [1.82, 2.24) is 0 Å². The summed E-state index contributed by atoms with van der Waals surface area (Å²) in [5, 5.41) is 5.85. The van der Waals surface area contributed by atoms with Crippen LogP contribution in [0.25, 0.3) is 0 Å². The number of rotatable bonds is 1. The van der Waals surface area contributed by atoms with Crippen molar-refractivity contribution in [3.63, 3.8) is 0 Å². The second-order valence-corrected chi connectivity index (χ2v) is 5.32. The Morgan fingerprint density at radius 2 is 2.33 bits per heavy atom. The van der Waals surface area contributed by atoms with E-state index in [0.29, 0.717) is 0 Å². The molecular weight excluding hydrogens is 188 g/mol. The van der Waals surface area contributed by atoms with Gasteiger partial charge in [0.05, 0.1) is 12.5 Å². The molecule has 0 amide bonds. The third-order valence-corrected chi connectivity index (χ3v) is 3.79. The maximum Gasteiger partial charge on any atom is 0.0856 e. The second kappa shape index (κ2) is 3.92. The summed E-state index contributed by atoms with van der Waals surface area (Å²) in [7, 11) is -0.875. The molecule has 1 aliphatic heterocycles. The third kappa shape index (κ3) is 2.54. The van der Waals surface area contributed by atoms with Crippen LogP contribution in [0.1, 0.15) is 0 Å². The van der Waals surface area contributed by atoms with Gasteiger partial charge in [0.15, 0.2) is 0 Å². The Hall–Kier alpha value is 0.893. The summed E-state index contributed by atoms with van der Waals surface area (Å²) in [6, 6.07) is 0. The average molecular weight is 200 g/mol. The molecule has 0 aromatic carbocycles. The number of ether oxygens (including phenoxy) is 1. The van der Waals surface area contributed by atoms with Crippen molar-refractivity contribution < 1.29 is 24.2 Å². The van der Waals surface area contributed by atoms with Gasteiger partial charge in [-0.25, -0.2) is 0 Å². The SMILES string of the molecule is [CH2-]CS1(N)CCOC1.[Zn]. The summed E-state index contributed by atoms with van der Waals surface area (Å²) in [5.74, 6) is 2.69. The number of hydrogen-bond donors (Lipinski definition) is 1. The third-order valence-electron chi connectivity index (χ3n) is 1.36. The van der Waals surface area contributed by atoms with Crippen molar-refractivity contribution in [3.05, 3.63) is 6.92 Å². The molecule has 0 aliphatic carbocycles. The topological polar surface area (TPSA) is 35.2 Å². The van der Waals surface area contributed by atoms with Gasteiger partial charge in [0.1, 0.15) is 0 Å². The van der Waals surface area contributed by atoms with E-state index in [9.17, 15) is 0 Å². The molecule has 0 spiro atoms. The molecule has 1 atom stereocenters. The van der Waals surface area contributed by atoms with Crippen molar-refractivity contribution in [2.24, 2.45) is 5.14 Å². The Morgan fingerprint density at radius 1 is 1.67 bits per heavy atom. The predicted octanol–water partition coefficient (Wildman–Crippen LogP) is 0.484. The largest absolute Gasteiger partial charge is 0.370 e. The number of nitrogens with two attached hydrogens (primary N) is 1. The van der Waals surface area contributed by atoms with E-state index in [-0.39, 0.29) is 19.5 Å². The van der Waals surface area contributed by atoms with Crippen LogP contribution in [-0.4, -0.2) is 24.1 Å². The van der Waals surface area contributed by atoms with Gasteiger partial charge in [-0.15, -0.1) is 5.75 Å². The van der Waals surface area contributed by atoms with Crippen molar-refractivity contribution in [1.29, 1.82) is 0 Å². The fourth-order valence-electron chi connectivity index (χ4n) is 0.670. The average Bonchev–Trinajstić information content (AvgIpc) is 2.17. The summed E-state index contributed by atoms with van der Waals surface area (Å²) < 4.78 is 5.12. The van der Waals surface area contributed by atoms with Crippen LogP contribution < -0.4 is 5.14 Å². The summed E-state index contributed by atoms with van der Waals surface area (Å²) >= 11 is 0. The smallest absolute Gasteiger partial charge is 0.0856 e. The molecule has 4 heteroatoms. The second-order valence-electron chi connectivity index (χ2n) is 2.05. The minimum atomic E-state index is -0.875. The van der Waals surface area contributed by atoms with Crippen LogP contribution in [0.5, 0.6) is 0 Å². The van der Waals surface area contributed by atoms with E-state index in [1.54, 1.807) is 0 Å². The van der Waals surface area contributed by atoms with E-state index >= 15 is 0 Å². The summed E-state index contributed by atoms with van der Waals surface area (Å²) in [4.78, 5) is 0. The normalized spacial score (nSPS) is 41.1. The van der Waals surface area contributed by atoms with E-state index in [1.807, 2.05) is 0 Å².